The molecule has 0 bridgehead atoms. The van der Waals surface area contributed by atoms with Crippen molar-refractivity contribution in [2.45, 2.75) is 66.0 Å². The molecule has 2 amide bonds. The molecule has 0 spiro atoms. The number of likely N-dealkylation sites (tertiary alicyclic amines) is 1. The highest BCUT2D eigenvalue weighted by Crippen LogP contribution is 2.23. The van der Waals surface area contributed by atoms with Crippen LogP contribution < -0.4 is 5.73 Å². The maximum atomic E-state index is 12.2. The maximum Gasteiger partial charge on any atom is 0.410 e. The number of rotatable bonds is 2. The van der Waals surface area contributed by atoms with Crippen LogP contribution in [-0.2, 0) is 4.74 Å². The van der Waals surface area contributed by atoms with Gasteiger partial charge in [0.1, 0.15) is 5.60 Å². The third-order valence-corrected chi connectivity index (χ3v) is 3.60. The third kappa shape index (κ3) is 6.61. The predicted octanol–water partition coefficient (Wildman–Crippen LogP) is 3.00. The molecule has 2 rings (SSSR count). The van der Waals surface area contributed by atoms with E-state index in [2.05, 4.69) is 5.10 Å². The van der Waals surface area contributed by atoms with E-state index in [4.69, 9.17) is 10.5 Å². The summed E-state index contributed by atoms with van der Waals surface area (Å²) in [5, 5.41) is 4.36. The molecule has 0 saturated carbocycles. The normalized spacial score (nSPS) is 17.0. The molecule has 1 saturated heterocycles. The van der Waals surface area contributed by atoms with Crippen LogP contribution in [0, 0.1) is 6.92 Å². The maximum absolute atomic E-state index is 12.2. The molecule has 0 radical (unpaired) electrons. The monoisotopic (exact) mass is 372 g/mol. The Morgan fingerprint density at radius 2 is 1.92 bits per heavy atom. The molecular weight excluding hydrogens is 340 g/mol. The number of aryl methyl sites for hydroxylation is 1. The van der Waals surface area contributed by atoms with Gasteiger partial charge in [-0.1, -0.05) is 13.8 Å². The molecule has 144 valence electrons. The zero-order valence-electron chi connectivity index (χ0n) is 16.1. The third-order valence-electron chi connectivity index (χ3n) is 3.60. The Morgan fingerprint density at radius 3 is 2.40 bits per heavy atom. The molecule has 0 aromatic carbocycles. The number of primary amides is 1. The lowest BCUT2D eigenvalue weighted by atomic mass is 10.1. The van der Waals surface area contributed by atoms with E-state index in [0.29, 0.717) is 24.3 Å². The summed E-state index contributed by atoms with van der Waals surface area (Å²) >= 11 is 0. The number of hydrogen-bond acceptors (Lipinski definition) is 4. The van der Waals surface area contributed by atoms with Crippen LogP contribution in [0.1, 0.15) is 69.6 Å². The Morgan fingerprint density at radius 1 is 1.32 bits per heavy atom. The van der Waals surface area contributed by atoms with Crippen molar-refractivity contribution in [3.8, 4) is 0 Å². The number of piperidine rings is 1. The summed E-state index contributed by atoms with van der Waals surface area (Å²) < 4.78 is 7.15. The Kier molecular flexibility index (Phi) is 9.04. The molecule has 1 aliphatic heterocycles. The highest BCUT2D eigenvalue weighted by molar-refractivity contribution is 7.59. The first-order chi connectivity index (χ1) is 11.2. The van der Waals surface area contributed by atoms with Crippen molar-refractivity contribution in [3.63, 3.8) is 0 Å². The molecule has 2 heterocycles. The SMILES string of the molecule is CC.Cc1nn(C2CCCN(C(=O)OC(C)(C)C)C2)cc1C(N)=O.S. The average molecular weight is 373 g/mol. The largest absolute Gasteiger partial charge is 0.444 e. The van der Waals surface area contributed by atoms with Gasteiger partial charge in [-0.2, -0.15) is 18.6 Å². The Hall–Kier alpha value is -1.70. The summed E-state index contributed by atoms with van der Waals surface area (Å²) in [5.74, 6) is -0.483. The number of carbonyl (C=O) groups is 2. The number of hydrogen-bond donors (Lipinski definition) is 1. The summed E-state index contributed by atoms with van der Waals surface area (Å²) in [6.45, 7) is 12.5. The van der Waals surface area contributed by atoms with Gasteiger partial charge in [-0.05, 0) is 40.5 Å². The second-order valence-corrected chi connectivity index (χ2v) is 6.69. The van der Waals surface area contributed by atoms with E-state index in [-0.39, 0.29) is 25.6 Å². The second-order valence-electron chi connectivity index (χ2n) is 6.69. The van der Waals surface area contributed by atoms with Crippen LogP contribution in [0.15, 0.2) is 6.20 Å². The first-order valence-corrected chi connectivity index (χ1v) is 8.51. The summed E-state index contributed by atoms with van der Waals surface area (Å²) in [5.41, 5.74) is 5.86. The van der Waals surface area contributed by atoms with E-state index in [9.17, 15) is 9.59 Å². The van der Waals surface area contributed by atoms with Crippen molar-refractivity contribution in [2.75, 3.05) is 13.1 Å². The topological polar surface area (TPSA) is 90.4 Å². The molecule has 1 fully saturated rings. The second kappa shape index (κ2) is 9.70. The molecule has 2 N–H and O–H groups in total. The lowest BCUT2D eigenvalue weighted by molar-refractivity contribution is 0.0167. The quantitative estimate of drug-likeness (QED) is 0.864. The molecule has 25 heavy (non-hydrogen) atoms. The molecule has 1 atom stereocenters. The predicted molar refractivity (Wildman–Crippen MR) is 103 cm³/mol. The Labute approximate surface area is 157 Å². The molecule has 7 nitrogen and oxygen atoms in total. The van der Waals surface area contributed by atoms with Crippen molar-refractivity contribution in [1.29, 1.82) is 0 Å². The minimum absolute atomic E-state index is 0. The standard InChI is InChI=1S/C15H24N4O3.C2H6.H2S/c1-10-12(13(16)20)9-19(17-10)11-6-5-7-18(8-11)14(21)22-15(2,3)4;1-2;/h9,11H,5-8H2,1-4H3,(H2,16,20);1-2H3;1H2. The van der Waals surface area contributed by atoms with Crippen molar-refractivity contribution in [2.24, 2.45) is 5.73 Å². The lowest BCUT2D eigenvalue weighted by Gasteiger charge is -2.34. The molecule has 0 aliphatic carbocycles. The summed E-state index contributed by atoms with van der Waals surface area (Å²) in [7, 11) is 0. The Bertz CT molecular complexity index is 581. The van der Waals surface area contributed by atoms with Crippen molar-refractivity contribution in [3.05, 3.63) is 17.5 Å². The molecule has 1 aliphatic rings. The highest BCUT2D eigenvalue weighted by atomic mass is 32.1. The van der Waals surface area contributed by atoms with Crippen molar-refractivity contribution < 1.29 is 14.3 Å². The molecule has 1 aromatic rings. The van der Waals surface area contributed by atoms with Gasteiger partial charge < -0.3 is 15.4 Å². The highest BCUT2D eigenvalue weighted by Gasteiger charge is 2.29. The van der Waals surface area contributed by atoms with E-state index in [1.54, 1.807) is 22.7 Å². The van der Waals surface area contributed by atoms with Crippen molar-refractivity contribution in [1.82, 2.24) is 14.7 Å². The van der Waals surface area contributed by atoms with Gasteiger partial charge in [0.15, 0.2) is 0 Å². The van der Waals surface area contributed by atoms with E-state index in [0.717, 1.165) is 12.8 Å². The van der Waals surface area contributed by atoms with Crippen LogP contribution in [0.3, 0.4) is 0 Å². The van der Waals surface area contributed by atoms with E-state index in [1.165, 1.54) is 0 Å². The van der Waals surface area contributed by atoms with E-state index < -0.39 is 11.5 Å². The van der Waals surface area contributed by atoms with Gasteiger partial charge in [-0.3, -0.25) is 9.48 Å². The van der Waals surface area contributed by atoms with Crippen LogP contribution >= 0.6 is 13.5 Å². The van der Waals surface area contributed by atoms with Crippen molar-refractivity contribution >= 4 is 25.5 Å². The van der Waals surface area contributed by atoms with Crippen LogP contribution in [0.5, 0.6) is 0 Å². The average Bonchev–Trinajstić information content (AvgIpc) is 2.90. The van der Waals surface area contributed by atoms with Crippen LogP contribution in [0.4, 0.5) is 4.79 Å². The molecule has 1 aromatic heterocycles. The fourth-order valence-electron chi connectivity index (χ4n) is 2.57. The van der Waals surface area contributed by atoms with Gasteiger partial charge >= 0.3 is 6.09 Å². The smallest absolute Gasteiger partial charge is 0.410 e. The number of nitrogens with zero attached hydrogens (tertiary/aromatic N) is 3. The molecule has 8 heteroatoms. The zero-order valence-corrected chi connectivity index (χ0v) is 17.1. The fraction of sp³-hybridized carbons (Fsp3) is 0.706. The molecule has 1 unspecified atom stereocenters. The number of ether oxygens (including phenoxy) is 1. The lowest BCUT2D eigenvalue weighted by Crippen LogP contribution is -2.43. The number of amides is 2. The molecular formula is C17H32N4O3S. The minimum Gasteiger partial charge on any atom is -0.444 e. The van der Waals surface area contributed by atoms with Gasteiger partial charge in [0, 0.05) is 19.3 Å². The van der Waals surface area contributed by atoms with Gasteiger partial charge in [0.2, 0.25) is 0 Å². The van der Waals surface area contributed by atoms with Gasteiger partial charge in [0.05, 0.1) is 17.3 Å². The summed E-state index contributed by atoms with van der Waals surface area (Å²) in [6.07, 6.45) is 3.13. The summed E-state index contributed by atoms with van der Waals surface area (Å²) in [6, 6.07) is 0.0352. The summed E-state index contributed by atoms with van der Waals surface area (Å²) in [4.78, 5) is 25.2. The number of nitrogens with two attached hydrogens (primary N) is 1. The van der Waals surface area contributed by atoms with E-state index >= 15 is 0 Å². The van der Waals surface area contributed by atoms with Crippen LogP contribution in [-0.4, -0.2) is 45.4 Å². The van der Waals surface area contributed by atoms with Crippen LogP contribution in [0.25, 0.3) is 0 Å². The minimum atomic E-state index is -0.508. The Balaban J connectivity index is 0.00000185. The van der Waals surface area contributed by atoms with Gasteiger partial charge in [-0.25, -0.2) is 4.79 Å². The van der Waals surface area contributed by atoms with Crippen LogP contribution in [0.2, 0.25) is 0 Å². The fourth-order valence-corrected chi connectivity index (χ4v) is 2.57. The number of carbonyl (C=O) groups excluding carboxylic acids is 2. The van der Waals surface area contributed by atoms with Gasteiger partial charge in [0.25, 0.3) is 5.91 Å². The first kappa shape index (κ1) is 23.3. The van der Waals surface area contributed by atoms with E-state index in [1.807, 2.05) is 34.6 Å². The van der Waals surface area contributed by atoms with Gasteiger partial charge in [-0.15, -0.1) is 0 Å². The zero-order chi connectivity index (χ0) is 18.5. The number of aromatic nitrogens is 2. The first-order valence-electron chi connectivity index (χ1n) is 8.51.